The van der Waals surface area contributed by atoms with E-state index in [1.54, 1.807) is 6.26 Å². The molecule has 3 aromatic rings. The Kier molecular flexibility index (Phi) is 4.89. The van der Waals surface area contributed by atoms with Crippen LogP contribution in [0.25, 0.3) is 12.2 Å². The second-order valence-corrected chi connectivity index (χ2v) is 5.21. The van der Waals surface area contributed by atoms with Gasteiger partial charge in [-0.25, -0.2) is 4.98 Å². The Balaban J connectivity index is 1.57. The average molecular weight is 305 g/mol. The van der Waals surface area contributed by atoms with Gasteiger partial charge in [-0.05, 0) is 35.8 Å². The van der Waals surface area contributed by atoms with Crippen molar-refractivity contribution >= 4 is 12.2 Å². The van der Waals surface area contributed by atoms with Crippen LogP contribution in [0.4, 0.5) is 0 Å². The van der Waals surface area contributed by atoms with Gasteiger partial charge in [0.15, 0.2) is 0 Å². The van der Waals surface area contributed by atoms with E-state index in [-0.39, 0.29) is 0 Å². The minimum atomic E-state index is 0.397. The quantitative estimate of drug-likeness (QED) is 0.644. The summed E-state index contributed by atoms with van der Waals surface area (Å²) < 4.78 is 11.2. The van der Waals surface area contributed by atoms with Gasteiger partial charge in [-0.2, -0.15) is 0 Å². The summed E-state index contributed by atoms with van der Waals surface area (Å²) in [6.45, 7) is 2.53. The van der Waals surface area contributed by atoms with Crippen LogP contribution < -0.4 is 4.74 Å². The first-order chi connectivity index (χ1) is 11.3. The van der Waals surface area contributed by atoms with Crippen LogP contribution >= 0.6 is 0 Å². The highest BCUT2D eigenvalue weighted by atomic mass is 16.5. The van der Waals surface area contributed by atoms with Crippen molar-refractivity contribution in [1.29, 1.82) is 0 Å². The van der Waals surface area contributed by atoms with Crippen molar-refractivity contribution in [3.05, 3.63) is 83.6 Å². The van der Waals surface area contributed by atoms with Crippen molar-refractivity contribution in [3.8, 4) is 5.75 Å². The third-order valence-electron chi connectivity index (χ3n) is 3.51. The summed E-state index contributed by atoms with van der Waals surface area (Å²) in [6, 6.07) is 18.2. The van der Waals surface area contributed by atoms with Gasteiger partial charge in [-0.1, -0.05) is 49.4 Å². The molecule has 0 bridgehead atoms. The van der Waals surface area contributed by atoms with Crippen molar-refractivity contribution in [1.82, 2.24) is 4.98 Å². The molecule has 0 spiro atoms. The standard InChI is InChI=1S/C20H19NO2/c1-2-16-8-11-19(12-9-16)22-14-18-15-23-20(21-18)13-10-17-6-4-3-5-7-17/h3-13,15H,2,14H2,1H3. The molecule has 0 saturated heterocycles. The smallest absolute Gasteiger partial charge is 0.218 e. The van der Waals surface area contributed by atoms with E-state index in [9.17, 15) is 0 Å². The van der Waals surface area contributed by atoms with Gasteiger partial charge in [-0.15, -0.1) is 0 Å². The van der Waals surface area contributed by atoms with Gasteiger partial charge in [0, 0.05) is 6.08 Å². The van der Waals surface area contributed by atoms with Gasteiger partial charge in [0.25, 0.3) is 0 Å². The Labute approximate surface area is 136 Å². The molecule has 0 aliphatic rings. The molecule has 0 radical (unpaired) electrons. The van der Waals surface area contributed by atoms with Gasteiger partial charge < -0.3 is 9.15 Å². The molecule has 1 aromatic heterocycles. The van der Waals surface area contributed by atoms with E-state index in [2.05, 4.69) is 24.0 Å². The van der Waals surface area contributed by atoms with Gasteiger partial charge in [0.2, 0.25) is 5.89 Å². The fourth-order valence-corrected chi connectivity index (χ4v) is 2.18. The third-order valence-corrected chi connectivity index (χ3v) is 3.51. The highest BCUT2D eigenvalue weighted by Gasteiger charge is 2.02. The van der Waals surface area contributed by atoms with Crippen molar-refractivity contribution in [2.75, 3.05) is 0 Å². The molecule has 3 heteroatoms. The number of rotatable bonds is 6. The number of aromatic nitrogens is 1. The fraction of sp³-hybridized carbons (Fsp3) is 0.150. The van der Waals surface area contributed by atoms with E-state index < -0.39 is 0 Å². The Bertz CT molecular complexity index is 758. The van der Waals surface area contributed by atoms with Crippen LogP contribution in [0.2, 0.25) is 0 Å². The topological polar surface area (TPSA) is 35.3 Å². The van der Waals surface area contributed by atoms with Crippen LogP contribution in [-0.4, -0.2) is 4.98 Å². The molecule has 1 heterocycles. The van der Waals surface area contributed by atoms with E-state index in [1.807, 2.05) is 54.6 Å². The van der Waals surface area contributed by atoms with Crippen LogP contribution in [-0.2, 0) is 13.0 Å². The first kappa shape index (κ1) is 15.1. The molecular formula is C20H19NO2. The van der Waals surface area contributed by atoms with Crippen LogP contribution in [0.1, 0.15) is 29.6 Å². The van der Waals surface area contributed by atoms with Gasteiger partial charge in [0.05, 0.1) is 0 Å². The van der Waals surface area contributed by atoms with Crippen molar-refractivity contribution < 1.29 is 9.15 Å². The molecule has 3 rings (SSSR count). The van der Waals surface area contributed by atoms with E-state index in [1.165, 1.54) is 5.56 Å². The number of aryl methyl sites for hydroxylation is 1. The number of nitrogens with zero attached hydrogens (tertiary/aromatic N) is 1. The highest BCUT2D eigenvalue weighted by molar-refractivity contribution is 5.65. The van der Waals surface area contributed by atoms with Crippen LogP contribution in [0.15, 0.2) is 65.3 Å². The van der Waals surface area contributed by atoms with Crippen LogP contribution in [0, 0.1) is 0 Å². The second kappa shape index (κ2) is 7.45. The predicted molar refractivity (Wildman–Crippen MR) is 92.0 cm³/mol. The van der Waals surface area contributed by atoms with Crippen LogP contribution in [0.3, 0.4) is 0 Å². The summed E-state index contributed by atoms with van der Waals surface area (Å²) >= 11 is 0. The minimum absolute atomic E-state index is 0.397. The number of ether oxygens (including phenoxy) is 1. The summed E-state index contributed by atoms with van der Waals surface area (Å²) in [5.41, 5.74) is 3.18. The maximum Gasteiger partial charge on any atom is 0.218 e. The molecule has 0 atom stereocenters. The second-order valence-electron chi connectivity index (χ2n) is 5.21. The third kappa shape index (κ3) is 4.33. The zero-order chi connectivity index (χ0) is 15.9. The number of benzene rings is 2. The summed E-state index contributed by atoms with van der Waals surface area (Å²) in [6.07, 6.45) is 6.49. The lowest BCUT2D eigenvalue weighted by Crippen LogP contribution is -1.95. The Morgan fingerprint density at radius 1 is 1.00 bits per heavy atom. The lowest BCUT2D eigenvalue weighted by molar-refractivity contribution is 0.301. The first-order valence-electron chi connectivity index (χ1n) is 7.73. The minimum Gasteiger partial charge on any atom is -0.487 e. The van der Waals surface area contributed by atoms with Gasteiger partial charge >= 0.3 is 0 Å². The summed E-state index contributed by atoms with van der Waals surface area (Å²) in [5.74, 6) is 1.42. The fourth-order valence-electron chi connectivity index (χ4n) is 2.18. The van der Waals surface area contributed by atoms with E-state index in [0.29, 0.717) is 12.5 Å². The van der Waals surface area contributed by atoms with E-state index >= 15 is 0 Å². The van der Waals surface area contributed by atoms with E-state index in [4.69, 9.17) is 9.15 Å². The maximum atomic E-state index is 5.72. The molecule has 0 aliphatic heterocycles. The molecule has 2 aromatic carbocycles. The molecule has 3 nitrogen and oxygen atoms in total. The number of hydrogen-bond acceptors (Lipinski definition) is 3. The molecule has 116 valence electrons. The van der Waals surface area contributed by atoms with Crippen molar-refractivity contribution in [2.45, 2.75) is 20.0 Å². The lowest BCUT2D eigenvalue weighted by Gasteiger charge is -2.04. The largest absolute Gasteiger partial charge is 0.487 e. The van der Waals surface area contributed by atoms with Gasteiger partial charge in [-0.3, -0.25) is 0 Å². The summed E-state index contributed by atoms with van der Waals surface area (Å²) in [7, 11) is 0. The molecule has 0 fully saturated rings. The Morgan fingerprint density at radius 3 is 2.52 bits per heavy atom. The van der Waals surface area contributed by atoms with E-state index in [0.717, 1.165) is 23.4 Å². The molecule has 0 saturated carbocycles. The first-order valence-corrected chi connectivity index (χ1v) is 7.73. The molecule has 0 aliphatic carbocycles. The molecule has 0 unspecified atom stereocenters. The monoisotopic (exact) mass is 305 g/mol. The van der Waals surface area contributed by atoms with Crippen LogP contribution in [0.5, 0.6) is 5.75 Å². The zero-order valence-corrected chi connectivity index (χ0v) is 13.1. The normalized spacial score (nSPS) is 11.0. The van der Waals surface area contributed by atoms with Gasteiger partial charge in [0.1, 0.15) is 24.3 Å². The number of hydrogen-bond donors (Lipinski definition) is 0. The molecule has 0 N–H and O–H groups in total. The summed E-state index contributed by atoms with van der Waals surface area (Å²) in [5, 5.41) is 0. The number of oxazole rings is 1. The Morgan fingerprint density at radius 2 is 1.78 bits per heavy atom. The Hall–Kier alpha value is -2.81. The highest BCUT2D eigenvalue weighted by Crippen LogP contribution is 2.15. The average Bonchev–Trinajstić information content (AvgIpc) is 3.07. The zero-order valence-electron chi connectivity index (χ0n) is 13.1. The molecule has 0 amide bonds. The lowest BCUT2D eigenvalue weighted by atomic mass is 10.2. The SMILES string of the molecule is CCc1ccc(OCc2coc(C=Cc3ccccc3)n2)cc1. The predicted octanol–water partition coefficient (Wildman–Crippen LogP) is 4.99. The molecular weight excluding hydrogens is 286 g/mol. The maximum absolute atomic E-state index is 5.72. The van der Waals surface area contributed by atoms with Crippen molar-refractivity contribution in [3.63, 3.8) is 0 Å². The summed E-state index contributed by atoms with van der Waals surface area (Å²) in [4.78, 5) is 4.40. The molecule has 23 heavy (non-hydrogen) atoms. The van der Waals surface area contributed by atoms with Crippen molar-refractivity contribution in [2.24, 2.45) is 0 Å².